The molecule has 19 heavy (non-hydrogen) atoms. The molecular weight excluding hydrogens is 248 g/mol. The average Bonchev–Trinajstić information content (AvgIpc) is 2.27. The maximum Gasteiger partial charge on any atom is 0.428 e. The number of carbonyl (C=O) groups is 2. The number of hydrogen-bond donors (Lipinski definition) is 2. The van der Waals surface area contributed by atoms with Crippen molar-refractivity contribution >= 4 is 18.3 Å². The lowest BCUT2D eigenvalue weighted by Gasteiger charge is -2.18. The summed E-state index contributed by atoms with van der Waals surface area (Å²) in [6, 6.07) is 6.19. The van der Waals surface area contributed by atoms with Crippen LogP contribution in [0.2, 0.25) is 0 Å². The van der Waals surface area contributed by atoms with E-state index in [1.54, 1.807) is 32.9 Å². The summed E-state index contributed by atoms with van der Waals surface area (Å²) in [6.45, 7) is 5.23. The number of ether oxygens (including phenoxy) is 1. The van der Waals surface area contributed by atoms with E-state index in [0.717, 1.165) is 0 Å². The largest absolute Gasteiger partial charge is 0.478 e. The minimum Gasteiger partial charge on any atom is -0.478 e. The van der Waals surface area contributed by atoms with Crippen LogP contribution in [0.15, 0.2) is 29.4 Å². The van der Waals surface area contributed by atoms with E-state index in [1.165, 1.54) is 18.3 Å². The van der Waals surface area contributed by atoms with Crippen LogP contribution in [0, 0.1) is 0 Å². The van der Waals surface area contributed by atoms with Crippen molar-refractivity contribution in [1.29, 1.82) is 0 Å². The number of nitrogens with one attached hydrogen (secondary N) is 1. The van der Waals surface area contributed by atoms with Crippen LogP contribution >= 0.6 is 0 Å². The van der Waals surface area contributed by atoms with Gasteiger partial charge in [-0.2, -0.15) is 5.10 Å². The molecule has 0 unspecified atom stereocenters. The maximum absolute atomic E-state index is 11.3. The number of hydrazone groups is 1. The van der Waals surface area contributed by atoms with Gasteiger partial charge in [0.05, 0.1) is 11.8 Å². The molecule has 0 aliphatic heterocycles. The molecule has 0 aliphatic carbocycles. The third kappa shape index (κ3) is 5.67. The smallest absolute Gasteiger partial charge is 0.428 e. The molecule has 6 heteroatoms. The Kier molecular flexibility index (Phi) is 4.63. The molecule has 0 aliphatic rings. The number of nitrogens with zero attached hydrogens (tertiary/aromatic N) is 1. The molecule has 6 nitrogen and oxygen atoms in total. The van der Waals surface area contributed by atoms with Gasteiger partial charge in [0.2, 0.25) is 0 Å². The van der Waals surface area contributed by atoms with E-state index in [0.29, 0.717) is 5.56 Å². The van der Waals surface area contributed by atoms with E-state index in [2.05, 4.69) is 10.5 Å². The zero-order chi connectivity index (χ0) is 14.5. The van der Waals surface area contributed by atoms with Crippen molar-refractivity contribution < 1.29 is 19.4 Å². The number of carbonyl (C=O) groups excluding carboxylic acids is 1. The van der Waals surface area contributed by atoms with Gasteiger partial charge in [-0.15, -0.1) is 0 Å². The molecule has 102 valence electrons. The van der Waals surface area contributed by atoms with Gasteiger partial charge in [-0.3, -0.25) is 0 Å². The number of carboxylic acids is 1. The van der Waals surface area contributed by atoms with Gasteiger partial charge in [0.1, 0.15) is 5.60 Å². The quantitative estimate of drug-likeness (QED) is 0.647. The van der Waals surface area contributed by atoms with Crippen LogP contribution in [-0.4, -0.2) is 29.0 Å². The number of rotatable bonds is 3. The third-order valence-corrected chi connectivity index (χ3v) is 1.90. The number of carboxylic acid groups (broad SMARTS) is 1. The van der Waals surface area contributed by atoms with Crippen molar-refractivity contribution in [3.8, 4) is 0 Å². The molecule has 0 atom stereocenters. The number of hydrogen-bond acceptors (Lipinski definition) is 4. The van der Waals surface area contributed by atoms with Crippen LogP contribution < -0.4 is 5.43 Å². The lowest BCUT2D eigenvalue weighted by molar-refractivity contribution is 0.0529. The molecule has 1 aromatic carbocycles. The number of aromatic carboxylic acids is 1. The topological polar surface area (TPSA) is 88.0 Å². The zero-order valence-electron chi connectivity index (χ0n) is 11.0. The molecule has 0 saturated heterocycles. The van der Waals surface area contributed by atoms with E-state index in [1.807, 2.05) is 0 Å². The minimum atomic E-state index is -1.02. The Morgan fingerprint density at radius 2 is 2.05 bits per heavy atom. The lowest BCUT2D eigenvalue weighted by Crippen LogP contribution is -2.29. The first-order valence-corrected chi connectivity index (χ1v) is 5.63. The highest BCUT2D eigenvalue weighted by molar-refractivity contribution is 5.91. The molecule has 0 radical (unpaired) electrons. The second kappa shape index (κ2) is 5.99. The Bertz CT molecular complexity index is 504. The third-order valence-electron chi connectivity index (χ3n) is 1.90. The van der Waals surface area contributed by atoms with Crippen molar-refractivity contribution in [2.75, 3.05) is 0 Å². The van der Waals surface area contributed by atoms with Crippen LogP contribution in [0.25, 0.3) is 0 Å². The summed E-state index contributed by atoms with van der Waals surface area (Å²) in [6.07, 6.45) is 0.675. The first-order chi connectivity index (χ1) is 8.78. The molecular formula is C13H16N2O4. The van der Waals surface area contributed by atoms with Crippen LogP contribution in [0.4, 0.5) is 4.79 Å². The summed E-state index contributed by atoms with van der Waals surface area (Å²) in [5.74, 6) is -1.02. The molecule has 0 bridgehead atoms. The first-order valence-electron chi connectivity index (χ1n) is 5.63. The van der Waals surface area contributed by atoms with Gasteiger partial charge in [0.25, 0.3) is 0 Å². The van der Waals surface area contributed by atoms with Crippen LogP contribution in [0.1, 0.15) is 36.7 Å². The standard InChI is InChI=1S/C13H16N2O4/c1-13(2,3)19-12(18)15-14-8-9-5-4-6-10(7-9)11(16)17/h4-8H,1-3H3,(H,15,18)(H,16,17)/b14-8+. The predicted molar refractivity (Wildman–Crippen MR) is 70.4 cm³/mol. The summed E-state index contributed by atoms with van der Waals surface area (Å²) in [5, 5.41) is 12.5. The van der Waals surface area contributed by atoms with Crippen molar-refractivity contribution in [3.05, 3.63) is 35.4 Å². The number of benzene rings is 1. The molecule has 1 amide bonds. The molecule has 2 N–H and O–H groups in total. The summed E-state index contributed by atoms with van der Waals surface area (Å²) in [7, 11) is 0. The molecule has 0 saturated carbocycles. The summed E-state index contributed by atoms with van der Waals surface area (Å²) in [5.41, 5.74) is 2.32. The fourth-order valence-electron chi connectivity index (χ4n) is 1.21. The average molecular weight is 264 g/mol. The summed E-state index contributed by atoms with van der Waals surface area (Å²) < 4.78 is 4.98. The second-order valence-corrected chi connectivity index (χ2v) is 4.80. The maximum atomic E-state index is 11.3. The normalized spacial score (nSPS) is 11.3. The van der Waals surface area contributed by atoms with Gasteiger partial charge < -0.3 is 9.84 Å². The van der Waals surface area contributed by atoms with E-state index in [4.69, 9.17) is 9.84 Å². The Morgan fingerprint density at radius 3 is 2.63 bits per heavy atom. The lowest BCUT2D eigenvalue weighted by atomic mass is 10.1. The molecule has 1 aromatic rings. The highest BCUT2D eigenvalue weighted by atomic mass is 16.6. The Hall–Kier alpha value is -2.37. The van der Waals surface area contributed by atoms with Crippen LogP contribution in [0.3, 0.4) is 0 Å². The van der Waals surface area contributed by atoms with Crippen molar-refractivity contribution in [3.63, 3.8) is 0 Å². The Labute approximate surface area is 111 Å². The van der Waals surface area contributed by atoms with E-state index in [-0.39, 0.29) is 5.56 Å². The number of amides is 1. The fraction of sp³-hybridized carbons (Fsp3) is 0.308. The van der Waals surface area contributed by atoms with E-state index < -0.39 is 17.7 Å². The van der Waals surface area contributed by atoms with Crippen molar-refractivity contribution in [2.24, 2.45) is 5.10 Å². The summed E-state index contributed by atoms with van der Waals surface area (Å²) >= 11 is 0. The molecule has 0 fully saturated rings. The Morgan fingerprint density at radius 1 is 1.37 bits per heavy atom. The summed E-state index contributed by atoms with van der Waals surface area (Å²) in [4.78, 5) is 22.0. The highest BCUT2D eigenvalue weighted by Crippen LogP contribution is 2.06. The van der Waals surface area contributed by atoms with Gasteiger partial charge in [-0.05, 0) is 38.5 Å². The second-order valence-electron chi connectivity index (χ2n) is 4.80. The SMILES string of the molecule is CC(C)(C)OC(=O)N/N=C/c1cccc(C(=O)O)c1. The molecule has 0 heterocycles. The molecule has 1 rings (SSSR count). The molecule has 0 spiro atoms. The molecule has 0 aromatic heterocycles. The highest BCUT2D eigenvalue weighted by Gasteiger charge is 2.15. The van der Waals surface area contributed by atoms with Crippen molar-refractivity contribution in [1.82, 2.24) is 5.43 Å². The van der Waals surface area contributed by atoms with Gasteiger partial charge in [0.15, 0.2) is 0 Å². The van der Waals surface area contributed by atoms with Gasteiger partial charge in [-0.25, -0.2) is 15.0 Å². The Balaban J connectivity index is 2.60. The zero-order valence-corrected chi connectivity index (χ0v) is 11.0. The predicted octanol–water partition coefficient (Wildman–Crippen LogP) is 2.24. The van der Waals surface area contributed by atoms with E-state index >= 15 is 0 Å². The van der Waals surface area contributed by atoms with Gasteiger partial charge >= 0.3 is 12.1 Å². The minimum absolute atomic E-state index is 0.154. The van der Waals surface area contributed by atoms with Crippen molar-refractivity contribution in [2.45, 2.75) is 26.4 Å². The van der Waals surface area contributed by atoms with Crippen LogP contribution in [-0.2, 0) is 4.74 Å². The van der Waals surface area contributed by atoms with E-state index in [9.17, 15) is 9.59 Å². The van der Waals surface area contributed by atoms with Crippen LogP contribution in [0.5, 0.6) is 0 Å². The first kappa shape index (κ1) is 14.7. The van der Waals surface area contributed by atoms with Gasteiger partial charge in [-0.1, -0.05) is 12.1 Å². The van der Waals surface area contributed by atoms with Gasteiger partial charge in [0, 0.05) is 0 Å². The fourth-order valence-corrected chi connectivity index (χ4v) is 1.21. The monoisotopic (exact) mass is 264 g/mol.